The molecular formula is C26H32N6O3. The molecule has 0 atom stereocenters. The lowest BCUT2D eigenvalue weighted by Gasteiger charge is -2.38. The van der Waals surface area contributed by atoms with Gasteiger partial charge in [0.2, 0.25) is 0 Å². The summed E-state index contributed by atoms with van der Waals surface area (Å²) in [4.78, 5) is 37.2. The SMILES string of the molecule is COc1ccc2c(c1)CCN(C1CCN(CCNC(=O)c3cc(C)c4nc[nH]c4c3)CC1)C(=O)N2. The van der Waals surface area contributed by atoms with Crippen LogP contribution in [0.25, 0.3) is 11.0 Å². The van der Waals surface area contributed by atoms with E-state index in [0.717, 1.165) is 72.5 Å². The number of fused-ring (bicyclic) bond motifs is 2. The lowest BCUT2D eigenvalue weighted by molar-refractivity contribution is 0.0937. The number of carbonyl (C=O) groups is 2. The number of nitrogens with zero attached hydrogens (tertiary/aromatic N) is 3. The summed E-state index contributed by atoms with van der Waals surface area (Å²) >= 11 is 0. The highest BCUT2D eigenvalue weighted by Crippen LogP contribution is 2.27. The Kier molecular flexibility index (Phi) is 6.59. The van der Waals surface area contributed by atoms with E-state index in [0.29, 0.717) is 18.7 Å². The first-order chi connectivity index (χ1) is 17.0. The van der Waals surface area contributed by atoms with E-state index in [1.54, 1.807) is 13.4 Å². The van der Waals surface area contributed by atoms with Crippen molar-refractivity contribution in [1.82, 2.24) is 25.1 Å². The summed E-state index contributed by atoms with van der Waals surface area (Å²) in [7, 11) is 1.66. The third-order valence-electron chi connectivity index (χ3n) is 7.12. The first-order valence-corrected chi connectivity index (χ1v) is 12.2. The zero-order valence-electron chi connectivity index (χ0n) is 20.3. The van der Waals surface area contributed by atoms with E-state index in [1.807, 2.05) is 42.2 Å². The Morgan fingerprint density at radius 1 is 1.20 bits per heavy atom. The minimum atomic E-state index is -0.0723. The van der Waals surface area contributed by atoms with Crippen LogP contribution in [0.3, 0.4) is 0 Å². The van der Waals surface area contributed by atoms with Gasteiger partial charge in [-0.3, -0.25) is 4.79 Å². The maximum absolute atomic E-state index is 12.9. The van der Waals surface area contributed by atoms with Gasteiger partial charge in [-0.1, -0.05) is 0 Å². The van der Waals surface area contributed by atoms with Crippen molar-refractivity contribution in [1.29, 1.82) is 0 Å². The first kappa shape index (κ1) is 23.2. The smallest absolute Gasteiger partial charge is 0.322 e. The number of methoxy groups -OCH3 is 1. The van der Waals surface area contributed by atoms with Crippen LogP contribution in [0.2, 0.25) is 0 Å². The number of H-pyrrole nitrogens is 1. The Morgan fingerprint density at radius 3 is 2.83 bits per heavy atom. The molecule has 9 nitrogen and oxygen atoms in total. The van der Waals surface area contributed by atoms with E-state index in [2.05, 4.69) is 25.5 Å². The molecule has 3 aromatic rings. The van der Waals surface area contributed by atoms with Gasteiger partial charge in [-0.05, 0) is 67.6 Å². The molecule has 5 rings (SSSR count). The molecule has 3 N–H and O–H groups in total. The molecule has 1 fully saturated rings. The molecule has 0 saturated carbocycles. The minimum Gasteiger partial charge on any atom is -0.497 e. The molecule has 9 heteroatoms. The maximum Gasteiger partial charge on any atom is 0.322 e. The second-order valence-electron chi connectivity index (χ2n) is 9.32. The Labute approximate surface area is 204 Å². The van der Waals surface area contributed by atoms with E-state index in [-0.39, 0.29) is 18.0 Å². The van der Waals surface area contributed by atoms with Gasteiger partial charge in [-0.2, -0.15) is 0 Å². The fourth-order valence-corrected chi connectivity index (χ4v) is 5.15. The Balaban J connectivity index is 1.10. The lowest BCUT2D eigenvalue weighted by atomic mass is 10.0. The van der Waals surface area contributed by atoms with Crippen molar-refractivity contribution in [2.45, 2.75) is 32.2 Å². The molecule has 0 unspecified atom stereocenters. The summed E-state index contributed by atoms with van der Waals surface area (Å²) in [6.07, 6.45) is 4.31. The number of benzene rings is 2. The van der Waals surface area contributed by atoms with Gasteiger partial charge in [0.15, 0.2) is 0 Å². The number of amides is 3. The highest BCUT2D eigenvalue weighted by molar-refractivity contribution is 5.98. The summed E-state index contributed by atoms with van der Waals surface area (Å²) in [6.45, 7) is 5.86. The molecule has 1 saturated heterocycles. The van der Waals surface area contributed by atoms with Crippen molar-refractivity contribution in [3.8, 4) is 5.75 Å². The first-order valence-electron chi connectivity index (χ1n) is 12.2. The second-order valence-corrected chi connectivity index (χ2v) is 9.32. The average molecular weight is 477 g/mol. The molecule has 0 radical (unpaired) electrons. The molecule has 0 bridgehead atoms. The predicted octanol–water partition coefficient (Wildman–Crippen LogP) is 3.16. The van der Waals surface area contributed by atoms with Crippen molar-refractivity contribution < 1.29 is 14.3 Å². The average Bonchev–Trinajstić information content (AvgIpc) is 3.28. The van der Waals surface area contributed by atoms with Gasteiger partial charge >= 0.3 is 6.03 Å². The summed E-state index contributed by atoms with van der Waals surface area (Å²) in [6, 6.07) is 9.72. The van der Waals surface area contributed by atoms with Gasteiger partial charge in [0.05, 0.1) is 24.5 Å². The number of hydrogen-bond donors (Lipinski definition) is 3. The number of urea groups is 1. The van der Waals surface area contributed by atoms with Gasteiger partial charge in [0.1, 0.15) is 5.75 Å². The Hall–Kier alpha value is -3.59. The van der Waals surface area contributed by atoms with E-state index in [9.17, 15) is 9.59 Å². The van der Waals surface area contributed by atoms with Crippen LogP contribution in [0.1, 0.15) is 34.3 Å². The highest BCUT2D eigenvalue weighted by Gasteiger charge is 2.30. The van der Waals surface area contributed by atoms with Gasteiger partial charge < -0.3 is 30.2 Å². The summed E-state index contributed by atoms with van der Waals surface area (Å²) < 4.78 is 5.33. The van der Waals surface area contributed by atoms with Gasteiger partial charge in [0.25, 0.3) is 5.91 Å². The topological polar surface area (TPSA) is 103 Å². The van der Waals surface area contributed by atoms with Crippen LogP contribution in [0.4, 0.5) is 10.5 Å². The van der Waals surface area contributed by atoms with Crippen LogP contribution in [0.5, 0.6) is 5.75 Å². The molecule has 184 valence electrons. The van der Waals surface area contributed by atoms with Crippen LogP contribution >= 0.6 is 0 Å². The molecule has 3 amide bonds. The number of aromatic amines is 1. The Bertz CT molecular complexity index is 1230. The molecular weight excluding hydrogens is 444 g/mol. The standard InChI is InChI=1S/C26H32N6O3/c1-17-13-19(15-23-24(17)29-16-28-23)25(33)27-8-12-31-9-6-20(7-10-31)32-11-5-18-14-21(35-2)3-4-22(18)30-26(32)34/h3-4,13-16,20H,5-12H2,1-2H3,(H,27,33)(H,28,29)(H,30,34). The number of anilines is 1. The van der Waals surface area contributed by atoms with Crippen LogP contribution < -0.4 is 15.4 Å². The van der Waals surface area contributed by atoms with E-state index < -0.39 is 0 Å². The van der Waals surface area contributed by atoms with E-state index in [1.165, 1.54) is 0 Å². The maximum atomic E-state index is 12.9. The van der Waals surface area contributed by atoms with Crippen molar-refractivity contribution in [3.63, 3.8) is 0 Å². The number of rotatable bonds is 6. The molecule has 3 heterocycles. The minimum absolute atomic E-state index is 0.0239. The number of carbonyl (C=O) groups excluding carboxylic acids is 2. The van der Waals surface area contributed by atoms with Gasteiger partial charge in [0, 0.05) is 50.0 Å². The lowest BCUT2D eigenvalue weighted by Crippen LogP contribution is -2.49. The Morgan fingerprint density at radius 2 is 2.03 bits per heavy atom. The number of piperidine rings is 1. The van der Waals surface area contributed by atoms with Gasteiger partial charge in [-0.25, -0.2) is 9.78 Å². The third kappa shape index (κ3) is 4.95. The number of imidazole rings is 1. The summed E-state index contributed by atoms with van der Waals surface area (Å²) in [5.41, 5.74) is 5.37. The predicted molar refractivity (Wildman–Crippen MR) is 135 cm³/mol. The molecule has 35 heavy (non-hydrogen) atoms. The number of ether oxygens (including phenoxy) is 1. The number of aromatic nitrogens is 2. The fourth-order valence-electron chi connectivity index (χ4n) is 5.15. The monoisotopic (exact) mass is 476 g/mol. The zero-order valence-corrected chi connectivity index (χ0v) is 20.3. The summed E-state index contributed by atoms with van der Waals surface area (Å²) in [5, 5.41) is 6.11. The van der Waals surface area contributed by atoms with Crippen LogP contribution in [-0.4, -0.2) is 77.6 Å². The quantitative estimate of drug-likeness (QED) is 0.507. The number of likely N-dealkylation sites (tertiary alicyclic amines) is 1. The van der Waals surface area contributed by atoms with Crippen molar-refractivity contribution in [2.75, 3.05) is 45.2 Å². The number of aryl methyl sites for hydroxylation is 1. The summed E-state index contributed by atoms with van der Waals surface area (Å²) in [5.74, 6) is 0.737. The van der Waals surface area contributed by atoms with E-state index >= 15 is 0 Å². The third-order valence-corrected chi connectivity index (χ3v) is 7.12. The van der Waals surface area contributed by atoms with Crippen LogP contribution in [-0.2, 0) is 6.42 Å². The van der Waals surface area contributed by atoms with Crippen molar-refractivity contribution in [2.24, 2.45) is 0 Å². The molecule has 2 aliphatic rings. The molecule has 2 aliphatic heterocycles. The normalized spacial score (nSPS) is 17.1. The second kappa shape index (κ2) is 9.95. The van der Waals surface area contributed by atoms with Crippen molar-refractivity contribution in [3.05, 3.63) is 53.3 Å². The van der Waals surface area contributed by atoms with Crippen LogP contribution in [0, 0.1) is 6.92 Å². The van der Waals surface area contributed by atoms with Gasteiger partial charge in [-0.15, -0.1) is 0 Å². The van der Waals surface area contributed by atoms with Crippen LogP contribution in [0.15, 0.2) is 36.7 Å². The molecule has 2 aromatic carbocycles. The highest BCUT2D eigenvalue weighted by atomic mass is 16.5. The number of hydrogen-bond acceptors (Lipinski definition) is 5. The van der Waals surface area contributed by atoms with Crippen molar-refractivity contribution >= 4 is 28.7 Å². The zero-order chi connectivity index (χ0) is 24.4. The molecule has 0 spiro atoms. The molecule has 1 aromatic heterocycles. The fraction of sp³-hybridized carbons (Fsp3) is 0.423. The largest absolute Gasteiger partial charge is 0.497 e. The van der Waals surface area contributed by atoms with E-state index in [4.69, 9.17) is 4.74 Å². The molecule has 0 aliphatic carbocycles. The number of nitrogens with one attached hydrogen (secondary N) is 3.